The third kappa shape index (κ3) is 5.57. The van der Waals surface area contributed by atoms with Gasteiger partial charge in [-0.2, -0.15) is 0 Å². The summed E-state index contributed by atoms with van der Waals surface area (Å²) in [5.41, 5.74) is 1.21. The number of halogens is 1. The van der Waals surface area contributed by atoms with Crippen LogP contribution in [0.15, 0.2) is 34.9 Å². The summed E-state index contributed by atoms with van der Waals surface area (Å²) in [4.78, 5) is 0. The lowest BCUT2D eigenvalue weighted by Gasteiger charge is -1.87. The van der Waals surface area contributed by atoms with E-state index in [-0.39, 0.29) is 0 Å². The SMILES string of the molecule is C=C(Br)/C=C(C)\C=C/C. The van der Waals surface area contributed by atoms with Crippen LogP contribution in [0.2, 0.25) is 0 Å². The second kappa shape index (κ2) is 4.57. The summed E-state index contributed by atoms with van der Waals surface area (Å²) in [5.74, 6) is 0. The van der Waals surface area contributed by atoms with Crippen molar-refractivity contribution in [3.63, 3.8) is 0 Å². The molecule has 0 nitrogen and oxygen atoms in total. The fourth-order valence-corrected chi connectivity index (χ4v) is 0.919. The van der Waals surface area contributed by atoms with Crippen LogP contribution < -0.4 is 0 Å². The molecule has 0 aromatic carbocycles. The third-order valence-corrected chi connectivity index (χ3v) is 1.04. The Balaban J connectivity index is 4.00. The lowest BCUT2D eigenvalue weighted by molar-refractivity contribution is 1.50. The first-order valence-corrected chi connectivity index (χ1v) is 3.61. The molecule has 0 saturated heterocycles. The molecule has 0 atom stereocenters. The van der Waals surface area contributed by atoms with E-state index in [0.717, 1.165) is 4.48 Å². The van der Waals surface area contributed by atoms with Crippen molar-refractivity contribution in [2.24, 2.45) is 0 Å². The van der Waals surface area contributed by atoms with Crippen molar-refractivity contribution < 1.29 is 0 Å². The van der Waals surface area contributed by atoms with Crippen LogP contribution in [0.5, 0.6) is 0 Å². The molecular formula is C8H11Br. The molecule has 0 N–H and O–H groups in total. The van der Waals surface area contributed by atoms with Gasteiger partial charge in [0.1, 0.15) is 0 Å². The van der Waals surface area contributed by atoms with E-state index in [2.05, 4.69) is 22.5 Å². The molecule has 0 spiro atoms. The van der Waals surface area contributed by atoms with Gasteiger partial charge in [0.05, 0.1) is 0 Å². The van der Waals surface area contributed by atoms with E-state index in [1.54, 1.807) is 0 Å². The normalized spacial score (nSPS) is 12.6. The Bertz CT molecular complexity index is 152. The summed E-state index contributed by atoms with van der Waals surface area (Å²) in [7, 11) is 0. The molecule has 0 rings (SSSR count). The molecule has 0 fully saturated rings. The molecule has 0 aromatic rings. The molecular weight excluding hydrogens is 176 g/mol. The molecule has 0 amide bonds. The number of rotatable bonds is 2. The molecule has 0 radical (unpaired) electrons. The van der Waals surface area contributed by atoms with Crippen LogP contribution >= 0.6 is 15.9 Å². The van der Waals surface area contributed by atoms with Crippen LogP contribution in [0.25, 0.3) is 0 Å². The van der Waals surface area contributed by atoms with Crippen molar-refractivity contribution in [2.75, 3.05) is 0 Å². The zero-order valence-corrected chi connectivity index (χ0v) is 7.40. The zero-order valence-electron chi connectivity index (χ0n) is 5.82. The van der Waals surface area contributed by atoms with E-state index in [0.29, 0.717) is 0 Å². The molecule has 0 aromatic heterocycles. The number of hydrogen-bond donors (Lipinski definition) is 0. The quantitative estimate of drug-likeness (QED) is 0.581. The molecule has 0 bridgehead atoms. The number of allylic oxidation sites excluding steroid dienone is 5. The summed E-state index contributed by atoms with van der Waals surface area (Å²) in [6.45, 7) is 7.71. The Labute approximate surface area is 65.1 Å². The Morgan fingerprint density at radius 1 is 1.56 bits per heavy atom. The second-order valence-corrected chi connectivity index (χ2v) is 2.85. The lowest BCUT2D eigenvalue weighted by Crippen LogP contribution is -1.65. The lowest BCUT2D eigenvalue weighted by atomic mass is 10.2. The van der Waals surface area contributed by atoms with E-state index in [1.165, 1.54) is 5.57 Å². The van der Waals surface area contributed by atoms with Gasteiger partial charge in [-0.3, -0.25) is 0 Å². The van der Waals surface area contributed by atoms with Gasteiger partial charge in [-0.15, -0.1) is 0 Å². The highest BCUT2D eigenvalue weighted by molar-refractivity contribution is 9.11. The molecule has 0 heterocycles. The zero-order chi connectivity index (χ0) is 7.28. The Hall–Kier alpha value is -0.300. The van der Waals surface area contributed by atoms with Gasteiger partial charge in [-0.05, 0) is 19.9 Å². The van der Waals surface area contributed by atoms with Crippen LogP contribution in [-0.2, 0) is 0 Å². The van der Waals surface area contributed by atoms with Gasteiger partial charge in [0.2, 0.25) is 0 Å². The summed E-state index contributed by atoms with van der Waals surface area (Å²) in [6.07, 6.45) is 6.01. The smallest absolute Gasteiger partial charge is 0.0106 e. The average molecular weight is 187 g/mol. The van der Waals surface area contributed by atoms with Crippen molar-refractivity contribution in [1.82, 2.24) is 0 Å². The van der Waals surface area contributed by atoms with E-state index in [1.807, 2.05) is 32.1 Å². The van der Waals surface area contributed by atoms with Crippen LogP contribution in [0.4, 0.5) is 0 Å². The highest BCUT2D eigenvalue weighted by Crippen LogP contribution is 2.06. The topological polar surface area (TPSA) is 0 Å². The first-order valence-electron chi connectivity index (χ1n) is 2.82. The molecule has 0 aliphatic heterocycles. The van der Waals surface area contributed by atoms with Crippen molar-refractivity contribution in [3.8, 4) is 0 Å². The summed E-state index contributed by atoms with van der Waals surface area (Å²) in [5, 5.41) is 0. The second-order valence-electron chi connectivity index (χ2n) is 1.84. The van der Waals surface area contributed by atoms with E-state index < -0.39 is 0 Å². The van der Waals surface area contributed by atoms with Gasteiger partial charge in [0.15, 0.2) is 0 Å². The molecule has 50 valence electrons. The van der Waals surface area contributed by atoms with Crippen LogP contribution in [0, 0.1) is 0 Å². The van der Waals surface area contributed by atoms with Crippen molar-refractivity contribution >= 4 is 15.9 Å². The first kappa shape index (κ1) is 8.70. The van der Waals surface area contributed by atoms with Crippen molar-refractivity contribution in [2.45, 2.75) is 13.8 Å². The summed E-state index contributed by atoms with van der Waals surface area (Å²) in [6, 6.07) is 0. The molecule has 0 aliphatic carbocycles. The summed E-state index contributed by atoms with van der Waals surface area (Å²) < 4.78 is 0.915. The Kier molecular flexibility index (Phi) is 4.41. The molecule has 1 heteroatoms. The van der Waals surface area contributed by atoms with Gasteiger partial charge in [0, 0.05) is 4.48 Å². The van der Waals surface area contributed by atoms with Crippen molar-refractivity contribution in [3.05, 3.63) is 34.9 Å². The van der Waals surface area contributed by atoms with Gasteiger partial charge in [-0.1, -0.05) is 40.2 Å². The largest absolute Gasteiger partial charge is 0.0874 e. The van der Waals surface area contributed by atoms with Crippen LogP contribution in [0.3, 0.4) is 0 Å². The highest BCUT2D eigenvalue weighted by atomic mass is 79.9. The predicted molar refractivity (Wildman–Crippen MR) is 46.6 cm³/mol. The first-order chi connectivity index (χ1) is 4.16. The standard InChI is InChI=1S/C8H11Br/c1-4-5-7(2)6-8(3)9/h4-6H,3H2,1-2H3/b5-4-,7-6-. The average Bonchev–Trinajstić information content (AvgIpc) is 1.63. The highest BCUT2D eigenvalue weighted by Gasteiger charge is 1.80. The minimum absolute atomic E-state index is 0.915. The van der Waals surface area contributed by atoms with Crippen molar-refractivity contribution in [1.29, 1.82) is 0 Å². The van der Waals surface area contributed by atoms with Gasteiger partial charge >= 0.3 is 0 Å². The molecule has 0 aliphatic rings. The maximum absolute atomic E-state index is 3.68. The minimum atomic E-state index is 0.915. The van der Waals surface area contributed by atoms with E-state index in [4.69, 9.17) is 0 Å². The monoisotopic (exact) mass is 186 g/mol. The number of hydrogen-bond acceptors (Lipinski definition) is 0. The Morgan fingerprint density at radius 3 is 2.44 bits per heavy atom. The third-order valence-electron chi connectivity index (χ3n) is 0.814. The predicted octanol–water partition coefficient (Wildman–Crippen LogP) is 3.42. The fraction of sp³-hybridized carbons (Fsp3) is 0.250. The summed E-state index contributed by atoms with van der Waals surface area (Å²) >= 11 is 3.24. The minimum Gasteiger partial charge on any atom is -0.0874 e. The van der Waals surface area contributed by atoms with Gasteiger partial charge in [0.25, 0.3) is 0 Å². The fourth-order valence-electron chi connectivity index (χ4n) is 0.558. The molecule has 0 saturated carbocycles. The van der Waals surface area contributed by atoms with Crippen LogP contribution in [-0.4, -0.2) is 0 Å². The van der Waals surface area contributed by atoms with Crippen LogP contribution in [0.1, 0.15) is 13.8 Å². The maximum Gasteiger partial charge on any atom is 0.0106 e. The van der Waals surface area contributed by atoms with E-state index >= 15 is 0 Å². The van der Waals surface area contributed by atoms with Gasteiger partial charge in [-0.25, -0.2) is 0 Å². The Morgan fingerprint density at radius 2 is 2.11 bits per heavy atom. The van der Waals surface area contributed by atoms with E-state index in [9.17, 15) is 0 Å². The maximum atomic E-state index is 3.68. The molecule has 9 heavy (non-hydrogen) atoms. The molecule has 0 unspecified atom stereocenters. The van der Waals surface area contributed by atoms with Gasteiger partial charge < -0.3 is 0 Å².